The molecule has 0 atom stereocenters. The SMILES string of the molecule is [2H]c1c([2H])c([2H])c(-c2cccc3c(-c4c5c([2H])c([2H])c([2H])c([2H])c5c(-c5c([2H])c([2H])c([2H])c([2H])c5[2H])c5c([2H])c([2H])c([2H])c([2H])c45)c(-c4c([2H])c([2H])c5c([2H])c([2H])c([2H])c([2H])c5c4[2H])oc23)c([2H])c1[2H]. The summed E-state index contributed by atoms with van der Waals surface area (Å²) in [5.74, 6) is -0.689. The van der Waals surface area contributed by atoms with Crippen molar-refractivity contribution in [3.05, 3.63) is 169 Å². The normalized spacial score (nSPS) is 19.3. The Hall–Kier alpha value is -5.92. The third-order valence-electron chi connectivity index (χ3n) is 7.34. The van der Waals surface area contributed by atoms with Gasteiger partial charge < -0.3 is 4.42 Å². The van der Waals surface area contributed by atoms with Gasteiger partial charge in [-0.05, 0) is 55.1 Å². The predicted molar refractivity (Wildman–Crippen MR) is 190 cm³/mol. The summed E-state index contributed by atoms with van der Waals surface area (Å²) < 4.78 is 229. The minimum atomic E-state index is -0.933. The van der Waals surface area contributed by atoms with Crippen LogP contribution >= 0.6 is 0 Å². The second-order valence-corrected chi connectivity index (χ2v) is 9.74. The van der Waals surface area contributed by atoms with Crippen molar-refractivity contribution in [3.63, 3.8) is 0 Å². The molecule has 0 saturated carbocycles. The molecule has 0 fully saturated rings. The summed E-state index contributed by atoms with van der Waals surface area (Å²) in [5.41, 5.74) is -4.12. The Kier molecular flexibility index (Phi) is 2.51. The fraction of sp³-hybridized carbons (Fsp3) is 0. The lowest BCUT2D eigenvalue weighted by molar-refractivity contribution is 0.633. The number of furan rings is 1. The minimum absolute atomic E-state index is 0.210. The van der Waals surface area contributed by atoms with Gasteiger partial charge >= 0.3 is 0 Å². The Morgan fingerprint density at radius 2 is 0.956 bits per heavy atom. The monoisotopic (exact) mass is 597 g/mol. The van der Waals surface area contributed by atoms with Gasteiger partial charge in [-0.15, -0.1) is 0 Å². The first-order valence-electron chi connectivity index (χ1n) is 25.9. The number of hydrogen-bond donors (Lipinski definition) is 0. The van der Waals surface area contributed by atoms with Gasteiger partial charge in [0.2, 0.25) is 0 Å². The zero-order chi connectivity index (χ0) is 51.5. The zero-order valence-corrected chi connectivity index (χ0v) is 22.6. The number of hydrogen-bond acceptors (Lipinski definition) is 1. The van der Waals surface area contributed by atoms with E-state index in [0.717, 1.165) is 0 Å². The first kappa shape index (κ1) is 10.9. The summed E-state index contributed by atoms with van der Waals surface area (Å²) >= 11 is 0. The van der Waals surface area contributed by atoms with E-state index in [9.17, 15) is 8.22 Å². The highest BCUT2D eigenvalue weighted by Crippen LogP contribution is 2.50. The fourth-order valence-electron chi connectivity index (χ4n) is 5.52. The maximum atomic E-state index is 9.59. The molecule has 1 heterocycles. The first-order valence-corrected chi connectivity index (χ1v) is 13.4. The van der Waals surface area contributed by atoms with E-state index < -0.39 is 228 Å². The maximum Gasteiger partial charge on any atom is 0.143 e. The average molecular weight is 598 g/mol. The van der Waals surface area contributed by atoms with E-state index in [1.54, 1.807) is 0 Å². The molecule has 0 amide bonds. The van der Waals surface area contributed by atoms with Crippen LogP contribution in [0.3, 0.4) is 0 Å². The first-order chi connectivity index (χ1) is 32.7. The van der Waals surface area contributed by atoms with E-state index in [0.29, 0.717) is 0 Å². The van der Waals surface area contributed by atoms with E-state index in [-0.39, 0.29) is 10.9 Å². The van der Waals surface area contributed by atoms with E-state index in [2.05, 4.69) is 0 Å². The molecule has 0 N–H and O–H groups in total. The standard InChI is InChI=1S/C44H28O/c1-3-15-30(16-4-1)34-24-13-25-39-42(43(45-44(34)39)33-27-26-29-14-7-8-19-32(29)28-33)41-37-22-11-9-20-35(37)40(31-17-5-2-6-18-31)36-21-10-12-23-38(36)41/h1-28H/i1D,2D,3D,4D,5D,6D,7D,8D,9D,10D,11D,12D,14D,15D,16D,17D,18D,19D,20D,21D,22D,23D,26D,27D,28D. The third-order valence-corrected chi connectivity index (χ3v) is 7.34. The van der Waals surface area contributed by atoms with Gasteiger partial charge in [-0.3, -0.25) is 0 Å². The van der Waals surface area contributed by atoms with Gasteiger partial charge in [0.1, 0.15) is 11.3 Å². The van der Waals surface area contributed by atoms with Crippen LogP contribution in [0.15, 0.2) is 174 Å². The molecular formula is C44H28O. The second-order valence-electron chi connectivity index (χ2n) is 9.74. The third kappa shape index (κ3) is 4.09. The lowest BCUT2D eigenvalue weighted by Gasteiger charge is -2.18. The Morgan fingerprint density at radius 3 is 1.62 bits per heavy atom. The van der Waals surface area contributed by atoms with Crippen molar-refractivity contribution in [2.45, 2.75) is 0 Å². The van der Waals surface area contributed by atoms with Crippen molar-refractivity contribution in [2.75, 3.05) is 0 Å². The molecule has 1 nitrogen and oxygen atoms in total. The molecule has 0 aliphatic rings. The van der Waals surface area contributed by atoms with Crippen molar-refractivity contribution in [3.8, 4) is 44.7 Å². The number of benzene rings is 8. The van der Waals surface area contributed by atoms with Crippen LogP contribution in [0.1, 0.15) is 34.3 Å². The van der Waals surface area contributed by atoms with E-state index in [1.165, 1.54) is 18.2 Å². The van der Waals surface area contributed by atoms with Gasteiger partial charge in [-0.25, -0.2) is 0 Å². The second kappa shape index (κ2) is 10.4. The van der Waals surface area contributed by atoms with Gasteiger partial charge in [0, 0.05) is 27.6 Å². The summed E-state index contributed by atoms with van der Waals surface area (Å²) in [6.07, 6.45) is 0. The topological polar surface area (TPSA) is 13.1 Å². The number of para-hydroxylation sites is 1. The summed E-state index contributed by atoms with van der Waals surface area (Å²) in [6.45, 7) is 0. The molecule has 210 valence electrons. The molecule has 0 radical (unpaired) electrons. The van der Waals surface area contributed by atoms with Gasteiger partial charge in [-0.2, -0.15) is 0 Å². The van der Waals surface area contributed by atoms with Gasteiger partial charge in [0.15, 0.2) is 0 Å². The molecule has 1 heteroatoms. The fourth-order valence-corrected chi connectivity index (χ4v) is 5.52. The molecule has 0 aliphatic heterocycles. The van der Waals surface area contributed by atoms with E-state index in [1.807, 2.05) is 0 Å². The smallest absolute Gasteiger partial charge is 0.143 e. The molecule has 9 aromatic rings. The minimum Gasteiger partial charge on any atom is -0.455 e. The molecule has 0 spiro atoms. The van der Waals surface area contributed by atoms with E-state index >= 15 is 0 Å². The molecule has 0 aliphatic carbocycles. The van der Waals surface area contributed by atoms with Crippen molar-refractivity contribution >= 4 is 43.3 Å². The summed E-state index contributed by atoms with van der Waals surface area (Å²) in [6, 6.07) is -17.5. The molecule has 1 aromatic heterocycles. The highest BCUT2D eigenvalue weighted by molar-refractivity contribution is 6.25. The summed E-state index contributed by atoms with van der Waals surface area (Å²) in [5, 5.41) is -3.82. The van der Waals surface area contributed by atoms with Crippen molar-refractivity contribution < 1.29 is 38.7 Å². The van der Waals surface area contributed by atoms with Crippen LogP contribution in [0, 0.1) is 0 Å². The average Bonchev–Trinajstić information content (AvgIpc) is 3.71. The highest BCUT2D eigenvalue weighted by atomic mass is 16.3. The Labute approximate surface area is 296 Å². The van der Waals surface area contributed by atoms with Gasteiger partial charge in [0.05, 0.1) is 34.3 Å². The predicted octanol–water partition coefficient (Wildman–Crippen LogP) is 12.6. The quantitative estimate of drug-likeness (QED) is 0.184. The molecule has 9 rings (SSSR count). The van der Waals surface area contributed by atoms with Crippen LogP contribution in [-0.2, 0) is 0 Å². The van der Waals surface area contributed by atoms with Crippen molar-refractivity contribution in [1.29, 1.82) is 0 Å². The molecule has 0 saturated heterocycles. The van der Waals surface area contributed by atoms with E-state index in [4.69, 9.17) is 30.5 Å². The van der Waals surface area contributed by atoms with Crippen LogP contribution in [0.2, 0.25) is 0 Å². The molecule has 0 unspecified atom stereocenters. The summed E-state index contributed by atoms with van der Waals surface area (Å²) in [7, 11) is 0. The summed E-state index contributed by atoms with van der Waals surface area (Å²) in [4.78, 5) is 0. The van der Waals surface area contributed by atoms with Gasteiger partial charge in [0.25, 0.3) is 0 Å². The van der Waals surface area contributed by atoms with Crippen molar-refractivity contribution in [1.82, 2.24) is 0 Å². The van der Waals surface area contributed by atoms with Crippen LogP contribution in [0.5, 0.6) is 0 Å². The van der Waals surface area contributed by atoms with Gasteiger partial charge in [-0.1, -0.05) is 163 Å². The Bertz CT molecular complexity index is 3810. The molecule has 8 aromatic carbocycles. The van der Waals surface area contributed by atoms with Crippen LogP contribution < -0.4 is 0 Å². The van der Waals surface area contributed by atoms with Crippen molar-refractivity contribution in [2.24, 2.45) is 0 Å². The Morgan fingerprint density at radius 1 is 0.400 bits per heavy atom. The zero-order valence-electron chi connectivity index (χ0n) is 47.6. The maximum absolute atomic E-state index is 9.59. The molecular weight excluding hydrogens is 544 g/mol. The van der Waals surface area contributed by atoms with Crippen LogP contribution in [0.25, 0.3) is 88.0 Å². The Balaban J connectivity index is 1.67. The van der Waals surface area contributed by atoms with Crippen LogP contribution in [0.4, 0.5) is 0 Å². The molecule has 0 bridgehead atoms. The van der Waals surface area contributed by atoms with Crippen LogP contribution in [-0.4, -0.2) is 0 Å². The highest BCUT2D eigenvalue weighted by Gasteiger charge is 2.25. The lowest BCUT2D eigenvalue weighted by atomic mass is 9.84. The number of rotatable bonds is 4. The lowest BCUT2D eigenvalue weighted by Crippen LogP contribution is -1.91. The largest absolute Gasteiger partial charge is 0.455 e. The number of fused-ring (bicyclic) bond motifs is 4. The molecule has 45 heavy (non-hydrogen) atoms.